The Hall–Kier alpha value is -0.120. The molecule has 1 heterocycles. The van der Waals surface area contributed by atoms with Crippen LogP contribution >= 0.6 is 0 Å². The van der Waals surface area contributed by atoms with Crippen LogP contribution in [0.2, 0.25) is 0 Å². The van der Waals surface area contributed by atoms with Crippen molar-refractivity contribution in [1.82, 2.24) is 4.90 Å². The number of likely N-dealkylation sites (tertiary alicyclic amines) is 1. The molecule has 21 heavy (non-hydrogen) atoms. The Morgan fingerprint density at radius 2 is 1.81 bits per heavy atom. The van der Waals surface area contributed by atoms with Gasteiger partial charge in [-0.15, -0.1) is 0 Å². The summed E-state index contributed by atoms with van der Waals surface area (Å²) in [5.41, 5.74) is 6.53. The van der Waals surface area contributed by atoms with Gasteiger partial charge in [0.2, 0.25) is 0 Å². The fourth-order valence-corrected chi connectivity index (χ4v) is 4.40. The molecular weight excluding hydrogens is 260 g/mol. The van der Waals surface area contributed by atoms with Crippen LogP contribution in [0.3, 0.4) is 0 Å². The topological polar surface area (TPSA) is 49.5 Å². The molecule has 2 fully saturated rings. The molecule has 3 unspecified atom stereocenters. The molecule has 1 saturated carbocycles. The molecule has 0 bridgehead atoms. The Balaban J connectivity index is 2.00. The molecule has 1 aliphatic carbocycles. The molecule has 0 amide bonds. The average Bonchev–Trinajstić information content (AvgIpc) is 2.54. The summed E-state index contributed by atoms with van der Waals surface area (Å²) in [5, 5.41) is 9.33. The van der Waals surface area contributed by atoms with E-state index in [0.29, 0.717) is 29.9 Å². The van der Waals surface area contributed by atoms with E-state index < -0.39 is 0 Å². The van der Waals surface area contributed by atoms with Crippen LogP contribution in [0.1, 0.15) is 59.3 Å². The molecule has 0 aromatic heterocycles. The Morgan fingerprint density at radius 1 is 1.14 bits per heavy atom. The fraction of sp³-hybridized carbons (Fsp3) is 1.00. The van der Waals surface area contributed by atoms with E-state index >= 15 is 0 Å². The minimum absolute atomic E-state index is 0.365. The van der Waals surface area contributed by atoms with Crippen molar-refractivity contribution >= 4 is 0 Å². The van der Waals surface area contributed by atoms with Crippen LogP contribution in [0, 0.1) is 23.2 Å². The number of aliphatic hydroxyl groups is 1. The van der Waals surface area contributed by atoms with Gasteiger partial charge < -0.3 is 15.7 Å². The van der Waals surface area contributed by atoms with Crippen LogP contribution in [-0.2, 0) is 0 Å². The minimum atomic E-state index is 0.365. The Kier molecular flexibility index (Phi) is 6.10. The second-order valence-electron chi connectivity index (χ2n) is 8.08. The highest BCUT2D eigenvalue weighted by atomic mass is 16.3. The van der Waals surface area contributed by atoms with Crippen molar-refractivity contribution in [2.45, 2.75) is 65.3 Å². The van der Waals surface area contributed by atoms with Gasteiger partial charge in [0.05, 0.1) is 0 Å². The van der Waals surface area contributed by atoms with Gasteiger partial charge in [0.25, 0.3) is 0 Å². The Labute approximate surface area is 131 Å². The predicted octanol–water partition coefficient (Wildman–Crippen LogP) is 2.87. The number of nitrogens with two attached hydrogens (primary N) is 1. The summed E-state index contributed by atoms with van der Waals surface area (Å²) in [6.45, 7) is 10.7. The molecule has 3 heteroatoms. The zero-order chi connectivity index (χ0) is 15.5. The lowest BCUT2D eigenvalue weighted by atomic mass is 9.65. The van der Waals surface area contributed by atoms with E-state index in [1.807, 2.05) is 0 Å². The smallest absolute Gasteiger partial charge is 0.0460 e. The lowest BCUT2D eigenvalue weighted by molar-refractivity contribution is 0.0145. The van der Waals surface area contributed by atoms with Crippen LogP contribution in [0.25, 0.3) is 0 Å². The van der Waals surface area contributed by atoms with E-state index in [1.54, 1.807) is 0 Å². The molecule has 3 N–H and O–H groups in total. The zero-order valence-electron chi connectivity index (χ0n) is 14.4. The summed E-state index contributed by atoms with van der Waals surface area (Å²) >= 11 is 0. The van der Waals surface area contributed by atoms with Gasteiger partial charge in [0.1, 0.15) is 0 Å². The van der Waals surface area contributed by atoms with Gasteiger partial charge in [-0.2, -0.15) is 0 Å². The molecule has 0 spiro atoms. The van der Waals surface area contributed by atoms with Crippen LogP contribution in [-0.4, -0.2) is 42.3 Å². The van der Waals surface area contributed by atoms with Gasteiger partial charge in [-0.3, -0.25) is 0 Å². The van der Waals surface area contributed by atoms with E-state index in [4.69, 9.17) is 5.73 Å². The van der Waals surface area contributed by atoms with Gasteiger partial charge >= 0.3 is 0 Å². The molecule has 3 atom stereocenters. The third-order valence-corrected chi connectivity index (χ3v) is 6.65. The van der Waals surface area contributed by atoms with Crippen molar-refractivity contribution in [2.24, 2.45) is 28.9 Å². The third-order valence-electron chi connectivity index (χ3n) is 6.65. The number of nitrogens with zero attached hydrogens (tertiary/aromatic N) is 1. The number of piperidine rings is 1. The van der Waals surface area contributed by atoms with Crippen molar-refractivity contribution in [3.63, 3.8) is 0 Å². The molecule has 2 rings (SSSR count). The number of aliphatic hydroxyl groups excluding tert-OH is 1. The van der Waals surface area contributed by atoms with Crippen molar-refractivity contribution < 1.29 is 5.11 Å². The normalized spacial score (nSPS) is 33.3. The molecule has 0 radical (unpaired) electrons. The van der Waals surface area contributed by atoms with E-state index in [0.717, 1.165) is 38.4 Å². The van der Waals surface area contributed by atoms with E-state index in [9.17, 15) is 5.11 Å². The summed E-state index contributed by atoms with van der Waals surface area (Å²) in [4.78, 5) is 2.70. The maximum Gasteiger partial charge on any atom is 0.0460 e. The van der Waals surface area contributed by atoms with Gasteiger partial charge in [-0.1, -0.05) is 27.2 Å². The zero-order valence-corrected chi connectivity index (χ0v) is 14.4. The molecule has 3 nitrogen and oxygen atoms in total. The van der Waals surface area contributed by atoms with Crippen molar-refractivity contribution in [3.05, 3.63) is 0 Å². The quantitative estimate of drug-likeness (QED) is 0.820. The largest absolute Gasteiger partial charge is 0.396 e. The van der Waals surface area contributed by atoms with Gasteiger partial charge in [0, 0.05) is 12.6 Å². The summed E-state index contributed by atoms with van der Waals surface area (Å²) in [6, 6.07) is 0.680. The maximum absolute atomic E-state index is 9.33. The SMILES string of the molecule is CCC(C)(C)C1CCC(CN)C(N2CCC(CO)CC2)C1. The molecule has 124 valence electrons. The minimum Gasteiger partial charge on any atom is -0.396 e. The van der Waals surface area contributed by atoms with E-state index in [2.05, 4.69) is 25.7 Å². The first-order chi connectivity index (χ1) is 10.0. The monoisotopic (exact) mass is 296 g/mol. The number of hydrogen-bond acceptors (Lipinski definition) is 3. The summed E-state index contributed by atoms with van der Waals surface area (Å²) in [7, 11) is 0. The predicted molar refractivity (Wildman–Crippen MR) is 89.1 cm³/mol. The Morgan fingerprint density at radius 3 is 2.33 bits per heavy atom. The second-order valence-corrected chi connectivity index (χ2v) is 8.08. The maximum atomic E-state index is 9.33. The molecule has 1 saturated heterocycles. The van der Waals surface area contributed by atoms with Crippen molar-refractivity contribution in [2.75, 3.05) is 26.2 Å². The van der Waals surface area contributed by atoms with Crippen molar-refractivity contribution in [3.8, 4) is 0 Å². The van der Waals surface area contributed by atoms with E-state index in [-0.39, 0.29) is 0 Å². The molecule has 0 aromatic rings. The van der Waals surface area contributed by atoms with Crippen LogP contribution < -0.4 is 5.73 Å². The summed E-state index contributed by atoms with van der Waals surface area (Å²) in [6.07, 6.45) is 7.57. The lowest BCUT2D eigenvalue weighted by Crippen LogP contribution is -2.51. The molecule has 0 aromatic carbocycles. The number of rotatable bonds is 5. The van der Waals surface area contributed by atoms with Crippen molar-refractivity contribution in [1.29, 1.82) is 0 Å². The van der Waals surface area contributed by atoms with Gasteiger partial charge in [-0.25, -0.2) is 0 Å². The van der Waals surface area contributed by atoms with Crippen LogP contribution in [0.4, 0.5) is 0 Å². The third kappa shape index (κ3) is 4.00. The highest BCUT2D eigenvalue weighted by Crippen LogP contribution is 2.43. The Bertz CT molecular complexity index is 310. The molecule has 2 aliphatic rings. The van der Waals surface area contributed by atoms with Crippen LogP contribution in [0.15, 0.2) is 0 Å². The highest BCUT2D eigenvalue weighted by Gasteiger charge is 2.39. The number of hydrogen-bond donors (Lipinski definition) is 2. The molecular formula is C18H36N2O. The second kappa shape index (κ2) is 7.43. The summed E-state index contributed by atoms with van der Waals surface area (Å²) in [5.74, 6) is 2.05. The van der Waals surface area contributed by atoms with Crippen LogP contribution in [0.5, 0.6) is 0 Å². The molecule has 1 aliphatic heterocycles. The average molecular weight is 296 g/mol. The first kappa shape index (κ1) is 17.2. The first-order valence-electron chi connectivity index (χ1n) is 9.06. The lowest BCUT2D eigenvalue weighted by Gasteiger charge is -2.48. The first-order valence-corrected chi connectivity index (χ1v) is 9.06. The fourth-order valence-electron chi connectivity index (χ4n) is 4.40. The summed E-state index contributed by atoms with van der Waals surface area (Å²) < 4.78 is 0. The standard InChI is InChI=1S/C18H36N2O/c1-4-18(2,3)16-6-5-15(12-19)17(11-16)20-9-7-14(13-21)8-10-20/h14-17,21H,4-13,19H2,1-3H3. The van der Waals surface area contributed by atoms with Gasteiger partial charge in [0.15, 0.2) is 0 Å². The highest BCUT2D eigenvalue weighted by molar-refractivity contribution is 4.93. The van der Waals surface area contributed by atoms with E-state index in [1.165, 1.54) is 25.7 Å². The van der Waals surface area contributed by atoms with Gasteiger partial charge in [-0.05, 0) is 74.9 Å².